The van der Waals surface area contributed by atoms with Crippen LogP contribution in [0, 0.1) is 10.1 Å². The van der Waals surface area contributed by atoms with Crippen molar-refractivity contribution in [1.82, 2.24) is 5.32 Å². The van der Waals surface area contributed by atoms with E-state index < -0.39 is 0 Å². The number of benzene rings is 1. The Morgan fingerprint density at radius 3 is 2.61 bits per heavy atom. The Morgan fingerprint density at radius 1 is 1.44 bits per heavy atom. The van der Waals surface area contributed by atoms with E-state index in [0.717, 1.165) is 18.5 Å². The number of hydrogen-bond acceptors (Lipinski definition) is 3. The van der Waals surface area contributed by atoms with E-state index in [1.54, 1.807) is 12.1 Å². The van der Waals surface area contributed by atoms with Crippen LogP contribution in [0.1, 0.15) is 38.7 Å². The first kappa shape index (κ1) is 14.9. The second-order valence-electron chi connectivity index (χ2n) is 4.32. The highest BCUT2D eigenvalue weighted by Crippen LogP contribution is 2.31. The SMILES string of the molecule is CCNC(CC)C(C)c1ccc(Cl)cc1[N+](=O)[O-]. The minimum Gasteiger partial charge on any atom is -0.314 e. The topological polar surface area (TPSA) is 55.2 Å². The molecule has 5 heteroatoms. The van der Waals surface area contributed by atoms with Crippen LogP contribution in [0.3, 0.4) is 0 Å². The van der Waals surface area contributed by atoms with Crippen molar-refractivity contribution in [2.24, 2.45) is 0 Å². The van der Waals surface area contributed by atoms with Crippen molar-refractivity contribution >= 4 is 17.3 Å². The van der Waals surface area contributed by atoms with Crippen LogP contribution in [-0.2, 0) is 0 Å². The largest absolute Gasteiger partial charge is 0.314 e. The number of nitrogens with zero attached hydrogens (tertiary/aromatic N) is 1. The van der Waals surface area contributed by atoms with E-state index in [4.69, 9.17) is 11.6 Å². The molecule has 1 aromatic carbocycles. The summed E-state index contributed by atoms with van der Waals surface area (Å²) in [5.74, 6) is 0.0765. The number of rotatable bonds is 6. The predicted molar refractivity (Wildman–Crippen MR) is 74.3 cm³/mol. The summed E-state index contributed by atoms with van der Waals surface area (Å²) in [5.41, 5.74) is 0.837. The summed E-state index contributed by atoms with van der Waals surface area (Å²) in [6.07, 6.45) is 0.925. The van der Waals surface area contributed by atoms with Gasteiger partial charge in [-0.15, -0.1) is 0 Å². The highest BCUT2D eigenvalue weighted by Gasteiger charge is 2.24. The molecule has 100 valence electrons. The van der Waals surface area contributed by atoms with Crippen LogP contribution in [0.25, 0.3) is 0 Å². The molecule has 1 N–H and O–H groups in total. The predicted octanol–water partition coefficient (Wildman–Crippen LogP) is 3.74. The van der Waals surface area contributed by atoms with E-state index in [1.165, 1.54) is 6.07 Å². The van der Waals surface area contributed by atoms with Gasteiger partial charge in [0.05, 0.1) is 4.92 Å². The number of hydrogen-bond donors (Lipinski definition) is 1. The molecule has 0 heterocycles. The fourth-order valence-corrected chi connectivity index (χ4v) is 2.38. The van der Waals surface area contributed by atoms with Crippen LogP contribution < -0.4 is 5.32 Å². The Balaban J connectivity index is 3.11. The fourth-order valence-electron chi connectivity index (χ4n) is 2.21. The van der Waals surface area contributed by atoms with Crippen molar-refractivity contribution < 1.29 is 4.92 Å². The molecule has 0 saturated carbocycles. The monoisotopic (exact) mass is 270 g/mol. The van der Waals surface area contributed by atoms with Gasteiger partial charge >= 0.3 is 0 Å². The molecular weight excluding hydrogens is 252 g/mol. The lowest BCUT2D eigenvalue weighted by molar-refractivity contribution is -0.385. The first-order chi connectivity index (χ1) is 8.51. The highest BCUT2D eigenvalue weighted by molar-refractivity contribution is 6.30. The van der Waals surface area contributed by atoms with E-state index in [0.29, 0.717) is 5.02 Å². The normalized spacial score (nSPS) is 14.2. The summed E-state index contributed by atoms with van der Waals surface area (Å²) in [6.45, 7) is 6.97. The van der Waals surface area contributed by atoms with Crippen LogP contribution >= 0.6 is 11.6 Å². The van der Waals surface area contributed by atoms with Crippen molar-refractivity contribution in [3.8, 4) is 0 Å². The average Bonchev–Trinajstić information content (AvgIpc) is 2.35. The Hall–Kier alpha value is -1.13. The first-order valence-corrected chi connectivity index (χ1v) is 6.56. The minimum atomic E-state index is -0.365. The molecule has 0 saturated heterocycles. The summed E-state index contributed by atoms with van der Waals surface area (Å²) in [6, 6.07) is 5.12. The Morgan fingerprint density at radius 2 is 2.11 bits per heavy atom. The number of likely N-dealkylation sites (N-methyl/N-ethyl adjacent to an activating group) is 1. The summed E-state index contributed by atoms with van der Waals surface area (Å²) in [5, 5.41) is 14.8. The molecule has 4 nitrogen and oxygen atoms in total. The minimum absolute atomic E-state index is 0.0765. The molecule has 2 unspecified atom stereocenters. The van der Waals surface area contributed by atoms with Gasteiger partial charge in [0.2, 0.25) is 0 Å². The molecule has 1 rings (SSSR count). The summed E-state index contributed by atoms with van der Waals surface area (Å²) >= 11 is 5.82. The van der Waals surface area contributed by atoms with Crippen molar-refractivity contribution in [3.05, 3.63) is 38.9 Å². The molecule has 2 atom stereocenters. The number of halogens is 1. The maximum absolute atomic E-state index is 11.1. The van der Waals surface area contributed by atoms with Crippen molar-refractivity contribution in [1.29, 1.82) is 0 Å². The molecule has 0 bridgehead atoms. The molecule has 0 amide bonds. The van der Waals surface area contributed by atoms with Crippen LogP contribution in [0.4, 0.5) is 5.69 Å². The zero-order valence-corrected chi connectivity index (χ0v) is 11.7. The van der Waals surface area contributed by atoms with Crippen LogP contribution in [0.5, 0.6) is 0 Å². The summed E-state index contributed by atoms with van der Waals surface area (Å²) in [4.78, 5) is 10.7. The average molecular weight is 271 g/mol. The molecule has 0 fully saturated rings. The van der Waals surface area contributed by atoms with E-state index >= 15 is 0 Å². The molecular formula is C13H19ClN2O2. The van der Waals surface area contributed by atoms with Gasteiger partial charge in [0.15, 0.2) is 0 Å². The third kappa shape index (κ3) is 3.43. The smallest absolute Gasteiger partial charge is 0.274 e. The van der Waals surface area contributed by atoms with Crippen molar-refractivity contribution in [2.45, 2.75) is 39.2 Å². The van der Waals surface area contributed by atoms with Crippen LogP contribution in [-0.4, -0.2) is 17.5 Å². The molecule has 0 spiro atoms. The lowest BCUT2D eigenvalue weighted by Crippen LogP contribution is -2.33. The first-order valence-electron chi connectivity index (χ1n) is 6.18. The van der Waals surface area contributed by atoms with Gasteiger partial charge in [0.1, 0.15) is 0 Å². The molecule has 18 heavy (non-hydrogen) atoms. The van der Waals surface area contributed by atoms with Crippen LogP contribution in [0.15, 0.2) is 18.2 Å². The number of nitro benzene ring substituents is 1. The van der Waals surface area contributed by atoms with E-state index in [9.17, 15) is 10.1 Å². The molecule has 0 aliphatic heterocycles. The zero-order chi connectivity index (χ0) is 13.7. The third-order valence-corrected chi connectivity index (χ3v) is 3.42. The van der Waals surface area contributed by atoms with E-state index in [2.05, 4.69) is 12.2 Å². The third-order valence-electron chi connectivity index (χ3n) is 3.19. The van der Waals surface area contributed by atoms with Crippen LogP contribution in [0.2, 0.25) is 5.02 Å². The number of nitro groups is 1. The maximum atomic E-state index is 11.1. The van der Waals surface area contributed by atoms with Gasteiger partial charge in [-0.25, -0.2) is 0 Å². The van der Waals surface area contributed by atoms with E-state index in [-0.39, 0.29) is 22.6 Å². The van der Waals surface area contributed by atoms with Gasteiger partial charge < -0.3 is 5.32 Å². The highest BCUT2D eigenvalue weighted by atomic mass is 35.5. The van der Waals surface area contributed by atoms with Gasteiger partial charge in [-0.1, -0.05) is 38.4 Å². The van der Waals surface area contributed by atoms with Gasteiger partial charge in [-0.05, 0) is 19.0 Å². The lowest BCUT2D eigenvalue weighted by atomic mass is 9.90. The molecule has 1 aromatic rings. The van der Waals surface area contributed by atoms with Gasteiger partial charge in [-0.3, -0.25) is 10.1 Å². The van der Waals surface area contributed by atoms with Gasteiger partial charge in [0, 0.05) is 28.6 Å². The van der Waals surface area contributed by atoms with Gasteiger partial charge in [-0.2, -0.15) is 0 Å². The Bertz CT molecular complexity index is 423. The quantitative estimate of drug-likeness (QED) is 0.633. The molecule has 0 aliphatic rings. The Labute approximate surface area is 112 Å². The maximum Gasteiger partial charge on any atom is 0.274 e. The summed E-state index contributed by atoms with van der Waals surface area (Å²) < 4.78 is 0. The van der Waals surface area contributed by atoms with Crippen molar-refractivity contribution in [2.75, 3.05) is 6.54 Å². The molecule has 0 radical (unpaired) electrons. The molecule has 0 aliphatic carbocycles. The number of nitrogens with one attached hydrogen (secondary N) is 1. The van der Waals surface area contributed by atoms with Crippen molar-refractivity contribution in [3.63, 3.8) is 0 Å². The summed E-state index contributed by atoms with van der Waals surface area (Å²) in [7, 11) is 0. The Kier molecular flexibility index (Phi) is 5.56. The lowest BCUT2D eigenvalue weighted by Gasteiger charge is -2.23. The van der Waals surface area contributed by atoms with E-state index in [1.807, 2.05) is 13.8 Å². The second-order valence-corrected chi connectivity index (χ2v) is 4.76. The molecule has 0 aromatic heterocycles. The standard InChI is InChI=1S/C13H19ClN2O2/c1-4-12(15-5-2)9(3)11-7-6-10(14)8-13(11)16(17)18/h6-9,12,15H,4-5H2,1-3H3. The second kappa shape index (κ2) is 6.71. The fraction of sp³-hybridized carbons (Fsp3) is 0.538. The zero-order valence-electron chi connectivity index (χ0n) is 10.9. The van der Waals surface area contributed by atoms with Gasteiger partial charge in [0.25, 0.3) is 5.69 Å².